The van der Waals surface area contributed by atoms with Gasteiger partial charge in [-0.25, -0.2) is 4.98 Å². The number of rotatable bonds is 5. The van der Waals surface area contributed by atoms with Gasteiger partial charge in [0.1, 0.15) is 5.75 Å². The van der Waals surface area contributed by atoms with Crippen LogP contribution in [0.1, 0.15) is 24.2 Å². The summed E-state index contributed by atoms with van der Waals surface area (Å²) in [4.78, 5) is 4.29. The number of hydrogen-bond donors (Lipinski definition) is 1. The molecule has 1 unspecified atom stereocenters. The van der Waals surface area contributed by atoms with Crippen molar-refractivity contribution in [1.29, 1.82) is 0 Å². The van der Waals surface area contributed by atoms with Gasteiger partial charge in [0, 0.05) is 18.0 Å². The second kappa shape index (κ2) is 5.80. The van der Waals surface area contributed by atoms with Crippen LogP contribution < -0.4 is 10.1 Å². The number of nitrogens with zero attached hydrogens (tertiary/aromatic N) is 1. The first kappa shape index (κ1) is 12.1. The molecular formula is C13H16N2OS. The van der Waals surface area contributed by atoms with E-state index in [0.717, 1.165) is 18.0 Å². The van der Waals surface area contributed by atoms with Gasteiger partial charge >= 0.3 is 0 Å². The Bertz CT molecular complexity index is 456. The molecule has 0 radical (unpaired) electrons. The molecule has 0 fully saturated rings. The van der Waals surface area contributed by atoms with Crippen LogP contribution in [0.5, 0.6) is 5.75 Å². The van der Waals surface area contributed by atoms with Gasteiger partial charge in [-0.05, 0) is 24.6 Å². The fourth-order valence-corrected chi connectivity index (χ4v) is 2.24. The second-order valence-electron chi connectivity index (χ2n) is 3.87. The first-order valence-corrected chi connectivity index (χ1v) is 6.48. The lowest BCUT2D eigenvalue weighted by Crippen LogP contribution is -2.18. The Balaban J connectivity index is 1.93. The highest BCUT2D eigenvalue weighted by molar-refractivity contribution is 7.07. The molecule has 0 aliphatic rings. The Morgan fingerprint density at radius 2 is 2.35 bits per heavy atom. The molecule has 1 aromatic carbocycles. The molecule has 1 aromatic heterocycles. The minimum atomic E-state index is 0.271. The molecule has 0 aliphatic heterocycles. The third-order valence-corrected chi connectivity index (χ3v) is 3.25. The Morgan fingerprint density at radius 3 is 3.06 bits per heavy atom. The summed E-state index contributed by atoms with van der Waals surface area (Å²) >= 11 is 1.62. The largest absolute Gasteiger partial charge is 0.497 e. The van der Waals surface area contributed by atoms with E-state index < -0.39 is 0 Å². The van der Waals surface area contributed by atoms with E-state index in [4.69, 9.17) is 4.74 Å². The highest BCUT2D eigenvalue weighted by atomic mass is 32.1. The quantitative estimate of drug-likeness (QED) is 0.883. The van der Waals surface area contributed by atoms with Crippen molar-refractivity contribution < 1.29 is 4.74 Å². The maximum atomic E-state index is 5.20. The lowest BCUT2D eigenvalue weighted by atomic mass is 10.2. The van der Waals surface area contributed by atoms with E-state index in [1.165, 1.54) is 5.56 Å². The predicted molar refractivity (Wildman–Crippen MR) is 70.4 cm³/mol. The maximum absolute atomic E-state index is 5.20. The molecule has 90 valence electrons. The molecule has 0 spiro atoms. The van der Waals surface area contributed by atoms with Crippen molar-refractivity contribution in [2.45, 2.75) is 19.5 Å². The van der Waals surface area contributed by atoms with Crippen LogP contribution >= 0.6 is 11.3 Å². The molecule has 0 saturated heterocycles. The third kappa shape index (κ3) is 3.28. The topological polar surface area (TPSA) is 34.1 Å². The number of ether oxygens (including phenoxy) is 1. The van der Waals surface area contributed by atoms with Crippen molar-refractivity contribution in [3.8, 4) is 5.75 Å². The minimum Gasteiger partial charge on any atom is -0.497 e. The summed E-state index contributed by atoms with van der Waals surface area (Å²) in [6.07, 6.45) is 0. The number of thiazole rings is 1. The standard InChI is InChI=1S/C13H16N2OS/c1-10(13-8-17-9-15-13)14-7-11-4-3-5-12(6-11)16-2/h3-6,8-10,14H,7H2,1-2H3. The van der Waals surface area contributed by atoms with E-state index in [-0.39, 0.29) is 6.04 Å². The number of aromatic nitrogens is 1. The minimum absolute atomic E-state index is 0.271. The van der Waals surface area contributed by atoms with Crippen LogP contribution in [0.3, 0.4) is 0 Å². The average Bonchev–Trinajstić information content (AvgIpc) is 2.90. The van der Waals surface area contributed by atoms with Crippen molar-refractivity contribution in [2.24, 2.45) is 0 Å². The average molecular weight is 248 g/mol. The zero-order valence-electron chi connectivity index (χ0n) is 10.0. The van der Waals surface area contributed by atoms with Crippen LogP contribution in [0, 0.1) is 0 Å². The van der Waals surface area contributed by atoms with Gasteiger partial charge in [-0.2, -0.15) is 0 Å². The molecular weight excluding hydrogens is 232 g/mol. The number of hydrogen-bond acceptors (Lipinski definition) is 4. The third-order valence-electron chi connectivity index (χ3n) is 2.64. The normalized spacial score (nSPS) is 12.4. The van der Waals surface area contributed by atoms with Crippen LogP contribution in [0.2, 0.25) is 0 Å². The van der Waals surface area contributed by atoms with Gasteiger partial charge in [0.15, 0.2) is 0 Å². The lowest BCUT2D eigenvalue weighted by molar-refractivity contribution is 0.414. The molecule has 1 heterocycles. The second-order valence-corrected chi connectivity index (χ2v) is 4.59. The van der Waals surface area contributed by atoms with Crippen molar-refractivity contribution in [1.82, 2.24) is 10.3 Å². The van der Waals surface area contributed by atoms with Crippen molar-refractivity contribution >= 4 is 11.3 Å². The first-order chi connectivity index (χ1) is 8.29. The molecule has 2 aromatic rings. The first-order valence-electron chi connectivity index (χ1n) is 5.54. The maximum Gasteiger partial charge on any atom is 0.119 e. The molecule has 2 rings (SSSR count). The molecule has 0 amide bonds. The molecule has 0 aliphatic carbocycles. The van der Waals surface area contributed by atoms with E-state index in [1.54, 1.807) is 18.4 Å². The highest BCUT2D eigenvalue weighted by Gasteiger charge is 2.06. The smallest absolute Gasteiger partial charge is 0.119 e. The Morgan fingerprint density at radius 1 is 1.47 bits per heavy atom. The van der Waals surface area contributed by atoms with Crippen LogP contribution in [-0.2, 0) is 6.54 Å². The van der Waals surface area contributed by atoms with Crippen LogP contribution in [-0.4, -0.2) is 12.1 Å². The van der Waals surface area contributed by atoms with E-state index in [9.17, 15) is 0 Å². The zero-order chi connectivity index (χ0) is 12.1. The van der Waals surface area contributed by atoms with E-state index in [2.05, 4.69) is 28.7 Å². The van der Waals surface area contributed by atoms with Gasteiger partial charge in [-0.15, -0.1) is 11.3 Å². The Kier molecular flexibility index (Phi) is 4.12. The molecule has 3 nitrogen and oxygen atoms in total. The highest BCUT2D eigenvalue weighted by Crippen LogP contribution is 2.15. The number of methoxy groups -OCH3 is 1. The van der Waals surface area contributed by atoms with Crippen LogP contribution in [0.25, 0.3) is 0 Å². The SMILES string of the molecule is COc1cccc(CNC(C)c2cscn2)c1. The van der Waals surface area contributed by atoms with Gasteiger partial charge in [-0.1, -0.05) is 12.1 Å². The van der Waals surface area contributed by atoms with Crippen LogP contribution in [0.15, 0.2) is 35.2 Å². The van der Waals surface area contributed by atoms with E-state index >= 15 is 0 Å². The molecule has 17 heavy (non-hydrogen) atoms. The Labute approximate surface area is 105 Å². The molecule has 0 bridgehead atoms. The summed E-state index contributed by atoms with van der Waals surface area (Å²) in [5, 5.41) is 5.51. The van der Waals surface area contributed by atoms with Crippen molar-refractivity contribution in [2.75, 3.05) is 7.11 Å². The Hall–Kier alpha value is -1.39. The summed E-state index contributed by atoms with van der Waals surface area (Å²) in [5.41, 5.74) is 4.17. The molecule has 1 N–H and O–H groups in total. The van der Waals surface area contributed by atoms with Gasteiger partial charge in [0.05, 0.1) is 18.3 Å². The zero-order valence-corrected chi connectivity index (χ0v) is 10.8. The van der Waals surface area contributed by atoms with Gasteiger partial charge < -0.3 is 10.1 Å². The molecule has 0 saturated carbocycles. The number of benzene rings is 1. The molecule has 1 atom stereocenters. The van der Waals surface area contributed by atoms with Crippen molar-refractivity contribution in [3.05, 3.63) is 46.4 Å². The molecule has 4 heteroatoms. The monoisotopic (exact) mass is 248 g/mol. The summed E-state index contributed by atoms with van der Waals surface area (Å²) in [6, 6.07) is 8.35. The number of nitrogens with one attached hydrogen (secondary N) is 1. The van der Waals surface area contributed by atoms with E-state index in [0.29, 0.717) is 0 Å². The summed E-state index contributed by atoms with van der Waals surface area (Å²) in [6.45, 7) is 2.94. The fraction of sp³-hybridized carbons (Fsp3) is 0.308. The van der Waals surface area contributed by atoms with E-state index in [1.807, 2.05) is 23.7 Å². The van der Waals surface area contributed by atoms with Gasteiger partial charge in [0.25, 0.3) is 0 Å². The van der Waals surface area contributed by atoms with Gasteiger partial charge in [-0.3, -0.25) is 0 Å². The summed E-state index contributed by atoms with van der Waals surface area (Å²) in [7, 11) is 1.68. The summed E-state index contributed by atoms with van der Waals surface area (Å²) in [5.74, 6) is 0.894. The predicted octanol–water partition coefficient (Wildman–Crippen LogP) is 3.00. The fourth-order valence-electron chi connectivity index (χ4n) is 1.59. The summed E-state index contributed by atoms with van der Waals surface area (Å²) < 4.78 is 5.20. The van der Waals surface area contributed by atoms with Crippen molar-refractivity contribution in [3.63, 3.8) is 0 Å². The van der Waals surface area contributed by atoms with Gasteiger partial charge in [0.2, 0.25) is 0 Å². The van der Waals surface area contributed by atoms with Crippen LogP contribution in [0.4, 0.5) is 0 Å². The lowest BCUT2D eigenvalue weighted by Gasteiger charge is -2.12.